The minimum Gasteiger partial charge on any atom is -0.492 e. The third kappa shape index (κ3) is 3.57. The van der Waals surface area contributed by atoms with Gasteiger partial charge in [0.25, 0.3) is 0 Å². The molecule has 0 radical (unpaired) electrons. The first kappa shape index (κ1) is 14.5. The monoisotopic (exact) mass is 282 g/mol. The van der Waals surface area contributed by atoms with Crippen LogP contribution in [0.15, 0.2) is 12.1 Å². The molecule has 1 aromatic heterocycles. The van der Waals surface area contributed by atoms with E-state index in [0.29, 0.717) is 19.4 Å². The Kier molecular flexibility index (Phi) is 4.73. The van der Waals surface area contributed by atoms with Crippen molar-refractivity contribution in [2.75, 3.05) is 13.2 Å². The Morgan fingerprint density at radius 2 is 2.20 bits per heavy atom. The average molecular weight is 282 g/mol. The molecule has 1 heterocycles. The number of aromatic nitrogens is 2. The number of ether oxygens (including phenoxy) is 2. The summed E-state index contributed by atoms with van der Waals surface area (Å²) in [7, 11) is 0. The van der Waals surface area contributed by atoms with Gasteiger partial charge in [0, 0.05) is 18.1 Å². The minimum absolute atomic E-state index is 0.111. The lowest BCUT2D eigenvalue weighted by atomic mass is 9.97. The van der Waals surface area contributed by atoms with Crippen LogP contribution in [0.25, 0.3) is 0 Å². The standard InChI is InChI=1S/C13H18N2O5/c1-2-19-13(18)10-6-9(16)5-8(10)7-20-12-4-3-11(17)14-15-12/h3-4,8-10,16H,2,5-7H2,1H3,(H,14,17)/t8-,9?,10+/m0/s1. The normalized spacial score (nSPS) is 25.4. The van der Waals surface area contributed by atoms with Gasteiger partial charge in [-0.25, -0.2) is 0 Å². The van der Waals surface area contributed by atoms with Gasteiger partial charge in [0.15, 0.2) is 0 Å². The third-order valence-corrected chi connectivity index (χ3v) is 3.33. The summed E-state index contributed by atoms with van der Waals surface area (Å²) in [6.45, 7) is 2.32. The lowest BCUT2D eigenvalue weighted by Gasteiger charge is -2.17. The SMILES string of the molecule is CCOC(=O)[C@@H]1CC(O)C[C@H]1COc1ccc(O)nn1. The summed E-state index contributed by atoms with van der Waals surface area (Å²) in [4.78, 5) is 11.8. The summed E-state index contributed by atoms with van der Waals surface area (Å²) in [5, 5.41) is 25.8. The fraction of sp³-hybridized carbons (Fsp3) is 0.615. The van der Waals surface area contributed by atoms with Crippen LogP contribution in [0.1, 0.15) is 19.8 Å². The zero-order chi connectivity index (χ0) is 14.5. The van der Waals surface area contributed by atoms with E-state index in [1.54, 1.807) is 6.92 Å². The Labute approximate surface area is 116 Å². The minimum atomic E-state index is -0.510. The largest absolute Gasteiger partial charge is 0.492 e. The molecule has 0 amide bonds. The summed E-state index contributed by atoms with van der Waals surface area (Å²) in [5.74, 6) is -0.672. The van der Waals surface area contributed by atoms with Gasteiger partial charge in [-0.2, -0.15) is 0 Å². The first-order valence-corrected chi connectivity index (χ1v) is 6.60. The molecule has 1 aliphatic rings. The van der Waals surface area contributed by atoms with Gasteiger partial charge >= 0.3 is 5.97 Å². The Morgan fingerprint density at radius 3 is 2.85 bits per heavy atom. The van der Waals surface area contributed by atoms with Gasteiger partial charge in [-0.05, 0) is 19.8 Å². The number of aliphatic hydroxyl groups excluding tert-OH is 1. The fourth-order valence-electron chi connectivity index (χ4n) is 2.40. The van der Waals surface area contributed by atoms with E-state index in [4.69, 9.17) is 14.6 Å². The molecule has 1 fully saturated rings. The first-order chi connectivity index (χ1) is 9.60. The van der Waals surface area contributed by atoms with Crippen LogP contribution in [-0.2, 0) is 9.53 Å². The first-order valence-electron chi connectivity index (χ1n) is 6.60. The number of carbonyl (C=O) groups is 1. The molecule has 2 rings (SSSR count). The summed E-state index contributed by atoms with van der Waals surface area (Å²) < 4.78 is 10.5. The summed E-state index contributed by atoms with van der Waals surface area (Å²) in [5.41, 5.74) is 0. The molecule has 2 N–H and O–H groups in total. The maximum atomic E-state index is 11.8. The van der Waals surface area contributed by atoms with Crippen LogP contribution < -0.4 is 4.74 Å². The molecule has 0 bridgehead atoms. The number of hydrogen-bond acceptors (Lipinski definition) is 7. The molecule has 7 nitrogen and oxygen atoms in total. The van der Waals surface area contributed by atoms with Crippen molar-refractivity contribution in [3.63, 3.8) is 0 Å². The van der Waals surface area contributed by atoms with Crippen molar-refractivity contribution in [2.45, 2.75) is 25.9 Å². The van der Waals surface area contributed by atoms with Gasteiger partial charge in [-0.3, -0.25) is 4.79 Å². The van der Waals surface area contributed by atoms with Crippen molar-refractivity contribution in [3.8, 4) is 11.8 Å². The van der Waals surface area contributed by atoms with E-state index >= 15 is 0 Å². The zero-order valence-electron chi connectivity index (χ0n) is 11.2. The van der Waals surface area contributed by atoms with Crippen LogP contribution in [-0.4, -0.2) is 45.7 Å². The average Bonchev–Trinajstić information content (AvgIpc) is 2.80. The summed E-state index contributed by atoms with van der Waals surface area (Å²) >= 11 is 0. The van der Waals surface area contributed by atoms with Crippen LogP contribution in [0, 0.1) is 11.8 Å². The van der Waals surface area contributed by atoms with E-state index in [9.17, 15) is 9.90 Å². The number of aliphatic hydroxyl groups is 1. The Bertz CT molecular complexity index is 451. The number of rotatable bonds is 5. The zero-order valence-corrected chi connectivity index (χ0v) is 11.2. The summed E-state index contributed by atoms with van der Waals surface area (Å²) in [6.07, 6.45) is 0.382. The fourth-order valence-corrected chi connectivity index (χ4v) is 2.40. The molecule has 110 valence electrons. The van der Waals surface area contributed by atoms with E-state index in [1.165, 1.54) is 12.1 Å². The second-order valence-corrected chi connectivity index (χ2v) is 4.78. The highest BCUT2D eigenvalue weighted by Gasteiger charge is 2.39. The number of aromatic hydroxyl groups is 1. The molecule has 0 spiro atoms. The molecule has 1 unspecified atom stereocenters. The van der Waals surface area contributed by atoms with Gasteiger partial charge < -0.3 is 19.7 Å². The van der Waals surface area contributed by atoms with Gasteiger partial charge in [-0.1, -0.05) is 0 Å². The molecule has 0 aliphatic heterocycles. The van der Waals surface area contributed by atoms with Crippen LogP contribution >= 0.6 is 0 Å². The Balaban J connectivity index is 1.92. The van der Waals surface area contributed by atoms with Crippen LogP contribution in [0.3, 0.4) is 0 Å². The molecular formula is C13H18N2O5. The van der Waals surface area contributed by atoms with Gasteiger partial charge in [0.05, 0.1) is 25.2 Å². The van der Waals surface area contributed by atoms with Crippen molar-refractivity contribution in [2.24, 2.45) is 11.8 Å². The second-order valence-electron chi connectivity index (χ2n) is 4.78. The highest BCUT2D eigenvalue weighted by Crippen LogP contribution is 2.33. The molecule has 1 saturated carbocycles. The molecule has 0 saturated heterocycles. The number of carbonyl (C=O) groups excluding carboxylic acids is 1. The van der Waals surface area contributed by atoms with E-state index in [2.05, 4.69) is 10.2 Å². The van der Waals surface area contributed by atoms with E-state index in [1.807, 2.05) is 0 Å². The Hall–Kier alpha value is -1.89. The lowest BCUT2D eigenvalue weighted by molar-refractivity contribution is -0.149. The van der Waals surface area contributed by atoms with E-state index in [-0.39, 0.29) is 36.2 Å². The molecule has 3 atom stereocenters. The van der Waals surface area contributed by atoms with E-state index < -0.39 is 6.10 Å². The topological polar surface area (TPSA) is 102 Å². The highest BCUT2D eigenvalue weighted by atomic mass is 16.5. The van der Waals surface area contributed by atoms with Crippen molar-refractivity contribution >= 4 is 5.97 Å². The smallest absolute Gasteiger partial charge is 0.309 e. The quantitative estimate of drug-likeness (QED) is 0.759. The van der Waals surface area contributed by atoms with Crippen LogP contribution in [0.5, 0.6) is 11.8 Å². The van der Waals surface area contributed by atoms with Gasteiger partial charge in [-0.15, -0.1) is 10.2 Å². The molecule has 1 aliphatic carbocycles. The molecule has 0 aromatic carbocycles. The molecule has 7 heteroatoms. The predicted octanol–water partition coefficient (Wildman–Crippen LogP) is 0.511. The summed E-state index contributed by atoms with van der Waals surface area (Å²) in [6, 6.07) is 2.86. The van der Waals surface area contributed by atoms with Crippen molar-refractivity contribution in [1.82, 2.24) is 10.2 Å². The van der Waals surface area contributed by atoms with Crippen molar-refractivity contribution in [3.05, 3.63) is 12.1 Å². The van der Waals surface area contributed by atoms with Crippen molar-refractivity contribution < 1.29 is 24.5 Å². The number of hydrogen-bond donors (Lipinski definition) is 2. The van der Waals surface area contributed by atoms with Crippen LogP contribution in [0.2, 0.25) is 0 Å². The van der Waals surface area contributed by atoms with Gasteiger partial charge in [0.1, 0.15) is 0 Å². The number of nitrogens with zero attached hydrogens (tertiary/aromatic N) is 2. The van der Waals surface area contributed by atoms with Crippen LogP contribution in [0.4, 0.5) is 0 Å². The second kappa shape index (κ2) is 6.51. The Morgan fingerprint density at radius 1 is 1.40 bits per heavy atom. The highest BCUT2D eigenvalue weighted by molar-refractivity contribution is 5.73. The predicted molar refractivity (Wildman–Crippen MR) is 68.0 cm³/mol. The molecular weight excluding hydrogens is 264 g/mol. The molecule has 20 heavy (non-hydrogen) atoms. The maximum absolute atomic E-state index is 11.8. The third-order valence-electron chi connectivity index (χ3n) is 3.33. The maximum Gasteiger partial charge on any atom is 0.309 e. The molecule has 1 aromatic rings. The van der Waals surface area contributed by atoms with Gasteiger partial charge in [0.2, 0.25) is 11.8 Å². The lowest BCUT2D eigenvalue weighted by Crippen LogP contribution is -2.25. The van der Waals surface area contributed by atoms with Crippen molar-refractivity contribution in [1.29, 1.82) is 0 Å². The number of esters is 1. The van der Waals surface area contributed by atoms with E-state index in [0.717, 1.165) is 0 Å².